The van der Waals surface area contributed by atoms with E-state index in [1.807, 2.05) is 6.07 Å². The van der Waals surface area contributed by atoms with Crippen LogP contribution in [0.5, 0.6) is 0 Å². The van der Waals surface area contributed by atoms with E-state index in [0.29, 0.717) is 17.5 Å². The minimum Gasteiger partial charge on any atom is -0.363 e. The van der Waals surface area contributed by atoms with Crippen molar-refractivity contribution < 1.29 is 13.2 Å². The van der Waals surface area contributed by atoms with E-state index in [9.17, 15) is 8.42 Å². The average Bonchev–Trinajstić information content (AvgIpc) is 2.54. The molecule has 0 bridgehead atoms. The highest BCUT2D eigenvalue weighted by molar-refractivity contribution is 7.89. The van der Waals surface area contributed by atoms with Gasteiger partial charge in [-0.15, -0.1) is 0 Å². The number of hydrogen-bond acceptors (Lipinski definition) is 4. The molecule has 0 aliphatic heterocycles. The number of ether oxygens (including phenoxy) is 1. The van der Waals surface area contributed by atoms with Gasteiger partial charge in [0, 0.05) is 11.6 Å². The number of sulfonamides is 1. The summed E-state index contributed by atoms with van der Waals surface area (Å²) < 4.78 is 32.4. The quantitative estimate of drug-likeness (QED) is 0.814. The zero-order chi connectivity index (χ0) is 16.7. The van der Waals surface area contributed by atoms with Crippen LogP contribution in [0.4, 0.5) is 0 Å². The Morgan fingerprint density at radius 2 is 1.87 bits per heavy atom. The molecule has 23 heavy (non-hydrogen) atoms. The third-order valence-corrected chi connectivity index (χ3v) is 5.87. The number of nitrogens with one attached hydrogen (secondary N) is 1. The summed E-state index contributed by atoms with van der Waals surface area (Å²) in [4.78, 5) is 0.232. The number of hydrogen-bond donors (Lipinski definition) is 1. The van der Waals surface area contributed by atoms with Crippen molar-refractivity contribution in [2.45, 2.75) is 43.1 Å². The minimum absolute atomic E-state index is 0.149. The van der Waals surface area contributed by atoms with Gasteiger partial charge in [-0.2, -0.15) is 5.26 Å². The molecule has 126 valence electrons. The van der Waals surface area contributed by atoms with Gasteiger partial charge < -0.3 is 4.74 Å². The minimum atomic E-state index is -3.47. The molecule has 1 aliphatic carbocycles. The summed E-state index contributed by atoms with van der Waals surface area (Å²) >= 11 is 5.77. The molecule has 1 fully saturated rings. The average molecular weight is 357 g/mol. The Morgan fingerprint density at radius 1 is 1.22 bits per heavy atom. The summed E-state index contributed by atoms with van der Waals surface area (Å²) in [6, 6.07) is 8.13. The molecule has 1 N–H and O–H groups in total. The van der Waals surface area contributed by atoms with E-state index in [1.54, 1.807) is 12.1 Å². The van der Waals surface area contributed by atoms with E-state index in [1.165, 1.54) is 12.1 Å². The van der Waals surface area contributed by atoms with Crippen LogP contribution in [0.15, 0.2) is 29.2 Å². The molecule has 0 spiro atoms. The largest absolute Gasteiger partial charge is 0.363 e. The van der Waals surface area contributed by atoms with Crippen molar-refractivity contribution >= 4 is 21.6 Å². The molecular weight excluding hydrogens is 336 g/mol. The molecule has 0 unspecified atom stereocenters. The molecule has 1 saturated carbocycles. The van der Waals surface area contributed by atoms with Crippen molar-refractivity contribution in [3.63, 3.8) is 0 Å². The third-order valence-electron chi connectivity index (χ3n) is 4.15. The number of benzene rings is 1. The Morgan fingerprint density at radius 3 is 2.48 bits per heavy atom. The van der Waals surface area contributed by atoms with Gasteiger partial charge in [0.1, 0.15) is 6.61 Å². The van der Waals surface area contributed by atoms with E-state index in [0.717, 1.165) is 32.1 Å². The van der Waals surface area contributed by atoms with Crippen LogP contribution in [0.3, 0.4) is 0 Å². The van der Waals surface area contributed by atoms with E-state index >= 15 is 0 Å². The molecular formula is C16H21ClN2O3S. The lowest BCUT2D eigenvalue weighted by atomic mass is 9.85. The van der Waals surface area contributed by atoms with Gasteiger partial charge in [-0.25, -0.2) is 13.1 Å². The molecule has 0 atom stereocenters. The van der Waals surface area contributed by atoms with Crippen LogP contribution >= 0.6 is 11.6 Å². The molecule has 0 amide bonds. The second kappa shape index (κ2) is 8.65. The summed E-state index contributed by atoms with van der Waals surface area (Å²) in [5.41, 5.74) is 0. The lowest BCUT2D eigenvalue weighted by Crippen LogP contribution is -2.28. The van der Waals surface area contributed by atoms with E-state index in [2.05, 4.69) is 4.72 Å². The van der Waals surface area contributed by atoms with Gasteiger partial charge in [-0.05, 0) is 62.3 Å². The van der Waals surface area contributed by atoms with Crippen LogP contribution in [0, 0.1) is 17.2 Å². The molecule has 2 rings (SSSR count). The molecule has 0 radical (unpaired) electrons. The van der Waals surface area contributed by atoms with Crippen molar-refractivity contribution in [2.24, 2.45) is 5.92 Å². The van der Waals surface area contributed by atoms with Gasteiger partial charge in [0.25, 0.3) is 0 Å². The SMILES string of the molecule is N#CCOC1CCC(CCNS(=O)(=O)c2ccc(Cl)cc2)CC1. The van der Waals surface area contributed by atoms with Crippen LogP contribution in [0.25, 0.3) is 0 Å². The molecule has 7 heteroatoms. The predicted octanol–water partition coefficient (Wildman–Crippen LogP) is 3.11. The van der Waals surface area contributed by atoms with Gasteiger partial charge in [-0.1, -0.05) is 11.6 Å². The van der Waals surface area contributed by atoms with Crippen molar-refractivity contribution in [1.29, 1.82) is 5.26 Å². The summed E-state index contributed by atoms with van der Waals surface area (Å²) in [5, 5.41) is 9.02. The van der Waals surface area contributed by atoms with Crippen molar-refractivity contribution in [2.75, 3.05) is 13.2 Å². The second-order valence-corrected chi connectivity index (χ2v) is 7.96. The van der Waals surface area contributed by atoms with Crippen molar-refractivity contribution in [3.05, 3.63) is 29.3 Å². The Balaban J connectivity index is 1.73. The molecule has 1 aliphatic rings. The van der Waals surface area contributed by atoms with Crippen molar-refractivity contribution in [1.82, 2.24) is 4.72 Å². The van der Waals surface area contributed by atoms with Gasteiger partial charge in [0.05, 0.1) is 17.1 Å². The highest BCUT2D eigenvalue weighted by Crippen LogP contribution is 2.28. The molecule has 1 aromatic carbocycles. The van der Waals surface area contributed by atoms with Crippen LogP contribution in [0.1, 0.15) is 32.1 Å². The number of rotatable bonds is 7. The van der Waals surface area contributed by atoms with Crippen LogP contribution in [0.2, 0.25) is 5.02 Å². The van der Waals surface area contributed by atoms with Crippen LogP contribution in [-0.2, 0) is 14.8 Å². The predicted molar refractivity (Wildman–Crippen MR) is 88.6 cm³/mol. The maximum Gasteiger partial charge on any atom is 0.240 e. The fraction of sp³-hybridized carbons (Fsp3) is 0.562. The normalized spacial score (nSPS) is 21.7. The molecule has 0 saturated heterocycles. The summed E-state index contributed by atoms with van der Waals surface area (Å²) in [6.45, 7) is 0.579. The first-order chi connectivity index (χ1) is 11.0. The zero-order valence-corrected chi connectivity index (χ0v) is 14.4. The van der Waals surface area contributed by atoms with Crippen LogP contribution < -0.4 is 4.72 Å². The zero-order valence-electron chi connectivity index (χ0n) is 12.9. The summed E-state index contributed by atoms with van der Waals surface area (Å²) in [6.07, 6.45) is 4.90. The van der Waals surface area contributed by atoms with Crippen LogP contribution in [-0.4, -0.2) is 27.7 Å². The maximum absolute atomic E-state index is 12.2. The first kappa shape index (κ1) is 18.2. The number of nitrogens with zero attached hydrogens (tertiary/aromatic N) is 1. The monoisotopic (exact) mass is 356 g/mol. The van der Waals surface area contributed by atoms with Gasteiger partial charge in [-0.3, -0.25) is 0 Å². The molecule has 5 nitrogen and oxygen atoms in total. The van der Waals surface area contributed by atoms with E-state index < -0.39 is 10.0 Å². The van der Waals surface area contributed by atoms with Gasteiger partial charge >= 0.3 is 0 Å². The number of halogens is 1. The maximum atomic E-state index is 12.2. The number of nitriles is 1. The Labute approximate surface area is 142 Å². The first-order valence-electron chi connectivity index (χ1n) is 7.75. The summed E-state index contributed by atoms with van der Waals surface area (Å²) in [5.74, 6) is 0.504. The smallest absolute Gasteiger partial charge is 0.240 e. The Hall–Kier alpha value is -1.13. The van der Waals surface area contributed by atoms with E-state index in [-0.39, 0.29) is 17.6 Å². The summed E-state index contributed by atoms with van der Waals surface area (Å²) in [7, 11) is -3.47. The van der Waals surface area contributed by atoms with E-state index in [4.69, 9.17) is 21.6 Å². The highest BCUT2D eigenvalue weighted by Gasteiger charge is 2.22. The first-order valence-corrected chi connectivity index (χ1v) is 9.61. The second-order valence-electron chi connectivity index (χ2n) is 5.75. The van der Waals surface area contributed by atoms with Gasteiger partial charge in [0.15, 0.2) is 0 Å². The Kier molecular flexibility index (Phi) is 6.85. The topological polar surface area (TPSA) is 79.2 Å². The standard InChI is InChI=1S/C16H21ClN2O3S/c17-14-3-7-16(8-4-14)23(20,21)19-11-9-13-1-5-15(6-2-13)22-12-10-18/h3-4,7-8,13,15,19H,1-2,5-6,9,11-12H2. The fourth-order valence-electron chi connectivity index (χ4n) is 2.84. The third kappa shape index (κ3) is 5.78. The molecule has 0 heterocycles. The molecule has 0 aromatic heterocycles. The van der Waals surface area contributed by atoms with Gasteiger partial charge in [0.2, 0.25) is 10.0 Å². The highest BCUT2D eigenvalue weighted by atomic mass is 35.5. The Bertz CT molecular complexity index is 632. The molecule has 1 aromatic rings. The fourth-order valence-corrected chi connectivity index (χ4v) is 4.01. The van der Waals surface area contributed by atoms with Crippen molar-refractivity contribution in [3.8, 4) is 6.07 Å². The lowest BCUT2D eigenvalue weighted by Gasteiger charge is -2.27. The lowest BCUT2D eigenvalue weighted by molar-refractivity contribution is 0.0361.